The molecule has 2 unspecified atom stereocenters. The van der Waals surface area contributed by atoms with Gasteiger partial charge in [0.2, 0.25) is 0 Å². The third-order valence-electron chi connectivity index (χ3n) is 3.06. The van der Waals surface area contributed by atoms with Crippen LogP contribution in [0.2, 0.25) is 5.02 Å². The van der Waals surface area contributed by atoms with Gasteiger partial charge in [-0.2, -0.15) is 0 Å². The number of hydrogen-bond donors (Lipinski definition) is 1. The summed E-state index contributed by atoms with van der Waals surface area (Å²) in [5.74, 6) is 0. The van der Waals surface area contributed by atoms with Crippen molar-refractivity contribution in [2.45, 2.75) is 32.1 Å². The molecule has 0 aliphatic heterocycles. The number of benzene rings is 1. The zero-order chi connectivity index (χ0) is 13.7. The van der Waals surface area contributed by atoms with Crippen LogP contribution in [0.4, 0.5) is 0 Å². The van der Waals surface area contributed by atoms with E-state index >= 15 is 0 Å². The van der Waals surface area contributed by atoms with Gasteiger partial charge in [0.1, 0.15) is 0 Å². The van der Waals surface area contributed by atoms with Crippen molar-refractivity contribution in [2.75, 3.05) is 0 Å². The van der Waals surface area contributed by atoms with Crippen LogP contribution in [0.5, 0.6) is 0 Å². The molecule has 0 radical (unpaired) electrons. The zero-order valence-corrected chi connectivity index (χ0v) is 12.5. The molecule has 2 N–H and O–H groups in total. The molecule has 2 aromatic rings. The quantitative estimate of drug-likeness (QED) is 0.857. The average Bonchev–Trinajstić information content (AvgIpc) is 2.93. The van der Waals surface area contributed by atoms with Crippen molar-refractivity contribution in [1.82, 2.24) is 0 Å². The van der Waals surface area contributed by atoms with Crippen molar-refractivity contribution in [3.05, 3.63) is 57.2 Å². The molecule has 19 heavy (non-hydrogen) atoms. The molecule has 0 saturated carbocycles. The first-order chi connectivity index (χ1) is 9.22. The van der Waals surface area contributed by atoms with Crippen molar-refractivity contribution in [2.24, 2.45) is 5.73 Å². The highest BCUT2D eigenvalue weighted by Gasteiger charge is 2.21. The first kappa shape index (κ1) is 14.5. The summed E-state index contributed by atoms with van der Waals surface area (Å²) in [7, 11) is 0. The van der Waals surface area contributed by atoms with Gasteiger partial charge in [0.15, 0.2) is 0 Å². The molecule has 2 nitrogen and oxygen atoms in total. The third-order valence-corrected chi connectivity index (χ3v) is 4.25. The second-order valence-electron chi connectivity index (χ2n) is 4.40. The van der Waals surface area contributed by atoms with E-state index in [4.69, 9.17) is 22.1 Å². The largest absolute Gasteiger partial charge is 0.366 e. The summed E-state index contributed by atoms with van der Waals surface area (Å²) in [4.78, 5) is 1.19. The maximum atomic E-state index is 6.25. The van der Waals surface area contributed by atoms with E-state index in [1.165, 1.54) is 4.88 Å². The molecule has 2 atom stereocenters. The minimum absolute atomic E-state index is 0.0557. The van der Waals surface area contributed by atoms with Gasteiger partial charge in [-0.3, -0.25) is 0 Å². The molecular formula is C15H18ClNOS. The summed E-state index contributed by atoms with van der Waals surface area (Å²) in [6, 6.07) is 11.8. The Kier molecular flexibility index (Phi) is 5.40. The van der Waals surface area contributed by atoms with E-state index in [1.54, 1.807) is 11.3 Å². The van der Waals surface area contributed by atoms with Gasteiger partial charge in [-0.25, -0.2) is 0 Å². The van der Waals surface area contributed by atoms with E-state index in [9.17, 15) is 0 Å². The van der Waals surface area contributed by atoms with Gasteiger partial charge in [0.25, 0.3) is 0 Å². The van der Waals surface area contributed by atoms with Gasteiger partial charge in [-0.05, 0) is 23.9 Å². The van der Waals surface area contributed by atoms with Crippen molar-refractivity contribution in [3.63, 3.8) is 0 Å². The highest BCUT2D eigenvalue weighted by atomic mass is 35.5. The predicted molar refractivity (Wildman–Crippen MR) is 81.6 cm³/mol. The lowest BCUT2D eigenvalue weighted by Crippen LogP contribution is -2.29. The summed E-state index contributed by atoms with van der Waals surface area (Å²) in [6.07, 6.45) is 0.682. The first-order valence-electron chi connectivity index (χ1n) is 6.36. The molecule has 0 fully saturated rings. The van der Waals surface area contributed by atoms with Crippen molar-refractivity contribution in [1.29, 1.82) is 0 Å². The Morgan fingerprint density at radius 1 is 1.26 bits per heavy atom. The Balaban J connectivity index is 2.14. The Morgan fingerprint density at radius 2 is 2.05 bits per heavy atom. The summed E-state index contributed by atoms with van der Waals surface area (Å²) in [5, 5.41) is 2.76. The molecule has 0 bridgehead atoms. The lowest BCUT2D eigenvalue weighted by molar-refractivity contribution is 0.0228. The van der Waals surface area contributed by atoms with Crippen LogP contribution in [0.1, 0.15) is 29.9 Å². The van der Waals surface area contributed by atoms with Gasteiger partial charge in [0, 0.05) is 21.5 Å². The molecule has 0 aliphatic carbocycles. The number of nitrogens with two attached hydrogens (primary N) is 1. The van der Waals surface area contributed by atoms with E-state index in [1.807, 2.05) is 35.7 Å². The zero-order valence-electron chi connectivity index (χ0n) is 10.9. The second-order valence-corrected chi connectivity index (χ2v) is 5.84. The van der Waals surface area contributed by atoms with Crippen LogP contribution in [-0.2, 0) is 11.3 Å². The fourth-order valence-corrected chi connectivity index (χ4v) is 2.80. The van der Waals surface area contributed by atoms with Gasteiger partial charge >= 0.3 is 0 Å². The number of halogens is 1. The van der Waals surface area contributed by atoms with E-state index in [0.717, 1.165) is 12.0 Å². The smallest absolute Gasteiger partial charge is 0.0994 e. The minimum atomic E-state index is -0.166. The summed E-state index contributed by atoms with van der Waals surface area (Å²) in [5.41, 5.74) is 7.15. The van der Waals surface area contributed by atoms with Gasteiger partial charge in [0.05, 0.1) is 12.7 Å². The first-order valence-corrected chi connectivity index (χ1v) is 7.62. The topological polar surface area (TPSA) is 35.2 Å². The van der Waals surface area contributed by atoms with Gasteiger partial charge < -0.3 is 10.5 Å². The lowest BCUT2D eigenvalue weighted by Gasteiger charge is -2.24. The highest BCUT2D eigenvalue weighted by molar-refractivity contribution is 7.09. The maximum absolute atomic E-state index is 6.25. The fourth-order valence-electron chi connectivity index (χ4n) is 1.93. The Morgan fingerprint density at radius 3 is 2.68 bits per heavy atom. The molecule has 1 heterocycles. The third kappa shape index (κ3) is 3.80. The van der Waals surface area contributed by atoms with Crippen LogP contribution in [0, 0.1) is 0 Å². The van der Waals surface area contributed by atoms with Crippen molar-refractivity contribution in [3.8, 4) is 0 Å². The van der Waals surface area contributed by atoms with Crippen LogP contribution in [0.15, 0.2) is 41.8 Å². The van der Waals surface area contributed by atoms with E-state index in [2.05, 4.69) is 13.0 Å². The Labute approximate surface area is 123 Å². The predicted octanol–water partition coefficient (Wildman–Crippen LogP) is 4.40. The molecule has 102 valence electrons. The molecule has 0 amide bonds. The average molecular weight is 296 g/mol. The summed E-state index contributed by atoms with van der Waals surface area (Å²) >= 11 is 7.93. The lowest BCUT2D eigenvalue weighted by atomic mass is 10.0. The molecule has 4 heteroatoms. The monoisotopic (exact) mass is 295 g/mol. The SMILES string of the molecule is CCC(N)C(OCc1cccs1)c1ccccc1Cl. The number of thiophene rings is 1. The number of rotatable bonds is 6. The highest BCUT2D eigenvalue weighted by Crippen LogP contribution is 2.29. The molecule has 1 aromatic heterocycles. The minimum Gasteiger partial charge on any atom is -0.366 e. The Hall–Kier alpha value is -0.870. The fraction of sp³-hybridized carbons (Fsp3) is 0.333. The Bertz CT molecular complexity index is 501. The maximum Gasteiger partial charge on any atom is 0.0994 e. The summed E-state index contributed by atoms with van der Waals surface area (Å²) < 4.78 is 6.01. The van der Waals surface area contributed by atoms with Gasteiger partial charge in [-0.15, -0.1) is 11.3 Å². The van der Waals surface area contributed by atoms with Crippen molar-refractivity contribution < 1.29 is 4.74 Å². The van der Waals surface area contributed by atoms with Crippen LogP contribution < -0.4 is 5.73 Å². The number of hydrogen-bond acceptors (Lipinski definition) is 3. The van der Waals surface area contributed by atoms with E-state index < -0.39 is 0 Å². The van der Waals surface area contributed by atoms with Crippen LogP contribution in [-0.4, -0.2) is 6.04 Å². The van der Waals surface area contributed by atoms with Crippen LogP contribution in [0.25, 0.3) is 0 Å². The molecular weight excluding hydrogens is 278 g/mol. The normalized spacial score (nSPS) is 14.3. The number of ether oxygens (including phenoxy) is 1. The van der Waals surface area contributed by atoms with E-state index in [0.29, 0.717) is 11.6 Å². The molecule has 0 spiro atoms. The van der Waals surface area contributed by atoms with Crippen LogP contribution >= 0.6 is 22.9 Å². The molecule has 1 aromatic carbocycles. The van der Waals surface area contributed by atoms with Crippen molar-refractivity contribution >= 4 is 22.9 Å². The van der Waals surface area contributed by atoms with Gasteiger partial charge in [-0.1, -0.05) is 42.8 Å². The second kappa shape index (κ2) is 7.06. The summed E-state index contributed by atoms with van der Waals surface area (Å²) in [6.45, 7) is 2.63. The van der Waals surface area contributed by atoms with E-state index in [-0.39, 0.29) is 12.1 Å². The van der Waals surface area contributed by atoms with Crippen LogP contribution in [0.3, 0.4) is 0 Å². The molecule has 0 saturated heterocycles. The standard InChI is InChI=1S/C15H18ClNOS/c1-2-14(17)15(12-7-3-4-8-13(12)16)18-10-11-6-5-9-19-11/h3-9,14-15H,2,10,17H2,1H3. The molecule has 0 aliphatic rings. The molecule has 2 rings (SSSR count).